The Bertz CT molecular complexity index is 1110. The summed E-state index contributed by atoms with van der Waals surface area (Å²) in [6.45, 7) is 16.2. The second kappa shape index (κ2) is 10.6. The molecule has 3 rings (SSSR count). The highest BCUT2D eigenvalue weighted by Gasteiger charge is 2.65. The van der Waals surface area contributed by atoms with Crippen molar-refractivity contribution in [3.05, 3.63) is 58.7 Å². The van der Waals surface area contributed by atoms with E-state index in [-0.39, 0.29) is 45.6 Å². The predicted octanol–water partition coefficient (Wildman–Crippen LogP) is 7.16. The zero-order valence-electron chi connectivity index (χ0n) is 23.8. The molecule has 0 aromatic rings. The van der Waals surface area contributed by atoms with Gasteiger partial charge in [0.25, 0.3) is 0 Å². The van der Waals surface area contributed by atoms with E-state index >= 15 is 0 Å². The van der Waals surface area contributed by atoms with Crippen LogP contribution in [0, 0.1) is 28.1 Å². The number of hydrogen-bond acceptors (Lipinski definition) is 4. The maximum absolute atomic E-state index is 13.5. The molecule has 0 heterocycles. The Kier molecular flexibility index (Phi) is 8.26. The number of ketones is 1. The molecule has 0 aliphatic heterocycles. The van der Waals surface area contributed by atoms with E-state index in [2.05, 4.69) is 27.7 Å². The fraction of sp³-hybridized carbons (Fsp3) is 0.594. The number of Topliss-reactive ketones (excluding diaryl/α,β-unsaturated/α-hetero) is 1. The first kappa shape index (κ1) is 28.9. The number of carboxylic acids is 1. The topological polar surface area (TPSA) is 80.7 Å². The average Bonchev–Trinajstić information content (AvgIpc) is 3.06. The van der Waals surface area contributed by atoms with Crippen molar-refractivity contribution in [3.8, 4) is 0 Å². The second-order valence-electron chi connectivity index (χ2n) is 12.5. The number of hydrogen-bond donors (Lipinski definition) is 1. The fourth-order valence-electron chi connectivity index (χ4n) is 7.87. The van der Waals surface area contributed by atoms with E-state index in [0.717, 1.165) is 42.4 Å². The Hall–Kier alpha value is -2.69. The summed E-state index contributed by atoms with van der Waals surface area (Å²) in [6, 6.07) is 0. The molecule has 37 heavy (non-hydrogen) atoms. The molecule has 3 aliphatic rings. The molecule has 5 unspecified atom stereocenters. The molecule has 0 amide bonds. The maximum Gasteiger partial charge on any atom is 0.331 e. The third-order valence-corrected chi connectivity index (χ3v) is 9.68. The molecule has 3 fully saturated rings. The van der Waals surface area contributed by atoms with Crippen LogP contribution in [0.1, 0.15) is 87.5 Å². The van der Waals surface area contributed by atoms with Crippen LogP contribution in [-0.4, -0.2) is 28.9 Å². The maximum atomic E-state index is 13.5. The average molecular weight is 509 g/mol. The summed E-state index contributed by atoms with van der Waals surface area (Å²) in [7, 11) is 0. The van der Waals surface area contributed by atoms with Crippen LogP contribution in [0.3, 0.4) is 0 Å². The van der Waals surface area contributed by atoms with Gasteiger partial charge in [-0.1, -0.05) is 69.7 Å². The summed E-state index contributed by atoms with van der Waals surface area (Å²) in [5.74, 6) is -0.184. The van der Waals surface area contributed by atoms with Gasteiger partial charge in [0, 0.05) is 35.3 Å². The number of aliphatic carboxylic acids is 1. The van der Waals surface area contributed by atoms with Crippen LogP contribution in [0.15, 0.2) is 58.7 Å². The van der Waals surface area contributed by atoms with Crippen molar-refractivity contribution in [2.75, 3.05) is 0 Å². The smallest absolute Gasteiger partial charge is 0.331 e. The largest absolute Gasteiger partial charge is 0.478 e. The Morgan fingerprint density at radius 2 is 1.57 bits per heavy atom. The molecule has 0 spiro atoms. The lowest BCUT2D eigenvalue weighted by molar-refractivity contribution is -0.185. The zero-order valence-corrected chi connectivity index (χ0v) is 23.8. The lowest BCUT2D eigenvalue weighted by atomic mass is 9.43. The third-order valence-electron chi connectivity index (χ3n) is 9.68. The predicted molar refractivity (Wildman–Crippen MR) is 147 cm³/mol. The highest BCUT2D eigenvalue weighted by Crippen LogP contribution is 2.69. The van der Waals surface area contributed by atoms with Gasteiger partial charge in [0.1, 0.15) is 6.10 Å². The SMILES string of the molecule is CC(=O)OC1CCC2(C)C3CC(=O)/C(=C(C)/C=C/C=C(C)/C=C/C=C(\C)C(=O)O)C3(C)CCC2C1(C)C. The number of allylic oxidation sites excluding steroid dienone is 9. The highest BCUT2D eigenvalue weighted by atomic mass is 16.5. The van der Waals surface area contributed by atoms with Gasteiger partial charge in [-0.3, -0.25) is 9.59 Å². The first-order valence-electron chi connectivity index (χ1n) is 13.5. The number of carboxylic acid groups (broad SMARTS) is 1. The van der Waals surface area contributed by atoms with Crippen molar-refractivity contribution in [2.45, 2.75) is 93.6 Å². The van der Waals surface area contributed by atoms with E-state index in [1.165, 1.54) is 6.92 Å². The fourth-order valence-corrected chi connectivity index (χ4v) is 7.87. The van der Waals surface area contributed by atoms with Crippen LogP contribution in [0.5, 0.6) is 0 Å². The van der Waals surface area contributed by atoms with Crippen LogP contribution in [-0.2, 0) is 19.1 Å². The van der Waals surface area contributed by atoms with Crippen molar-refractivity contribution in [2.24, 2.45) is 28.1 Å². The van der Waals surface area contributed by atoms with Gasteiger partial charge in [0.15, 0.2) is 5.78 Å². The molecule has 0 aromatic carbocycles. The summed E-state index contributed by atoms with van der Waals surface area (Å²) in [5.41, 5.74) is 3.03. The molecule has 0 radical (unpaired) electrons. The van der Waals surface area contributed by atoms with Crippen molar-refractivity contribution < 1.29 is 24.2 Å². The lowest BCUT2D eigenvalue weighted by Gasteiger charge is -2.62. The van der Waals surface area contributed by atoms with Crippen LogP contribution < -0.4 is 0 Å². The first-order chi connectivity index (χ1) is 17.1. The molecule has 1 N–H and O–H groups in total. The van der Waals surface area contributed by atoms with E-state index in [1.54, 1.807) is 19.1 Å². The molecule has 3 aliphatic carbocycles. The lowest BCUT2D eigenvalue weighted by Crippen LogP contribution is -2.58. The Morgan fingerprint density at radius 3 is 2.19 bits per heavy atom. The zero-order chi connectivity index (χ0) is 27.8. The van der Waals surface area contributed by atoms with Gasteiger partial charge in [0.05, 0.1) is 0 Å². The summed E-state index contributed by atoms with van der Waals surface area (Å²) in [5, 5.41) is 8.95. The minimum Gasteiger partial charge on any atom is -0.478 e. The van der Waals surface area contributed by atoms with Gasteiger partial charge in [-0.25, -0.2) is 4.79 Å². The number of esters is 1. The molecule has 0 saturated heterocycles. The van der Waals surface area contributed by atoms with E-state index in [4.69, 9.17) is 9.84 Å². The van der Waals surface area contributed by atoms with Crippen molar-refractivity contribution >= 4 is 17.7 Å². The van der Waals surface area contributed by atoms with Gasteiger partial charge in [-0.15, -0.1) is 0 Å². The van der Waals surface area contributed by atoms with Gasteiger partial charge < -0.3 is 9.84 Å². The molecule has 202 valence electrons. The van der Waals surface area contributed by atoms with Crippen molar-refractivity contribution in [1.82, 2.24) is 0 Å². The van der Waals surface area contributed by atoms with Crippen LogP contribution in [0.4, 0.5) is 0 Å². The van der Waals surface area contributed by atoms with Crippen LogP contribution in [0.25, 0.3) is 0 Å². The number of fused-ring (bicyclic) bond motifs is 3. The standard InChI is InChI=1S/C32H44O5/c1-20(12-10-14-22(3)29(35)36)11-9-13-21(2)28-24(34)19-26-31(7)18-16-27(37-23(4)33)30(5,6)25(31)15-17-32(26,28)8/h9-14,25-27H,15-19H2,1-8H3,(H,35,36)/b12-10+,13-9+,20-11+,22-14+,28-21-. The van der Waals surface area contributed by atoms with E-state index in [0.29, 0.717) is 12.3 Å². The number of ether oxygens (including phenoxy) is 1. The van der Waals surface area contributed by atoms with Crippen LogP contribution in [0.2, 0.25) is 0 Å². The molecule has 5 atom stereocenters. The van der Waals surface area contributed by atoms with Gasteiger partial charge in [-0.05, 0) is 69.3 Å². The third kappa shape index (κ3) is 5.46. The summed E-state index contributed by atoms with van der Waals surface area (Å²) < 4.78 is 5.76. The van der Waals surface area contributed by atoms with Gasteiger partial charge >= 0.3 is 11.9 Å². The summed E-state index contributed by atoms with van der Waals surface area (Å²) in [4.78, 5) is 36.1. The first-order valence-corrected chi connectivity index (χ1v) is 13.5. The van der Waals surface area contributed by atoms with Gasteiger partial charge in [0.2, 0.25) is 0 Å². The Labute approximate surface area is 222 Å². The Balaban J connectivity index is 1.85. The van der Waals surface area contributed by atoms with E-state index in [9.17, 15) is 14.4 Å². The summed E-state index contributed by atoms with van der Waals surface area (Å²) in [6.07, 6.45) is 15.5. The number of carbonyl (C=O) groups is 3. The normalized spacial score (nSPS) is 35.5. The monoisotopic (exact) mass is 508 g/mol. The minimum atomic E-state index is -0.926. The molecular formula is C32H44O5. The number of rotatable bonds is 6. The molecule has 0 aromatic heterocycles. The molecular weight excluding hydrogens is 464 g/mol. The molecule has 5 nitrogen and oxygen atoms in total. The van der Waals surface area contributed by atoms with E-state index < -0.39 is 5.97 Å². The molecule has 5 heteroatoms. The van der Waals surface area contributed by atoms with Gasteiger partial charge in [-0.2, -0.15) is 0 Å². The minimum absolute atomic E-state index is 0.0252. The molecule has 3 saturated carbocycles. The molecule has 0 bridgehead atoms. The highest BCUT2D eigenvalue weighted by molar-refractivity contribution is 6.00. The van der Waals surface area contributed by atoms with E-state index in [1.807, 2.05) is 38.2 Å². The Morgan fingerprint density at radius 1 is 0.919 bits per heavy atom. The second-order valence-corrected chi connectivity index (χ2v) is 12.5. The quantitative estimate of drug-likeness (QED) is 0.234. The van der Waals surface area contributed by atoms with Crippen molar-refractivity contribution in [3.63, 3.8) is 0 Å². The number of carbonyl (C=O) groups excluding carboxylic acids is 2. The van der Waals surface area contributed by atoms with Crippen LogP contribution >= 0.6 is 0 Å². The summed E-state index contributed by atoms with van der Waals surface area (Å²) >= 11 is 0. The van der Waals surface area contributed by atoms with Crippen molar-refractivity contribution in [1.29, 1.82) is 0 Å².